The molecule has 1 aromatic carbocycles. The zero-order chi connectivity index (χ0) is 22.8. The van der Waals surface area contributed by atoms with Gasteiger partial charge in [0.25, 0.3) is 0 Å². The highest BCUT2D eigenvalue weighted by molar-refractivity contribution is 7.92. The number of carbonyl (C=O) groups excluding carboxylic acids is 2. The number of esters is 2. The van der Waals surface area contributed by atoms with Gasteiger partial charge in [-0.2, -0.15) is 0 Å². The minimum absolute atomic E-state index is 0.0235. The van der Waals surface area contributed by atoms with E-state index >= 15 is 0 Å². The first kappa shape index (κ1) is 23.4. The van der Waals surface area contributed by atoms with Gasteiger partial charge in [0.05, 0.1) is 30.3 Å². The summed E-state index contributed by atoms with van der Waals surface area (Å²) < 4.78 is 56.4. The van der Waals surface area contributed by atoms with Crippen molar-refractivity contribution in [2.45, 2.75) is 25.0 Å². The fourth-order valence-electron chi connectivity index (χ4n) is 3.69. The van der Waals surface area contributed by atoms with Crippen molar-refractivity contribution in [2.75, 3.05) is 32.2 Å². The van der Waals surface area contributed by atoms with Gasteiger partial charge in [-0.25, -0.2) is 17.6 Å². The van der Waals surface area contributed by atoms with E-state index in [9.17, 15) is 22.4 Å². The van der Waals surface area contributed by atoms with Crippen LogP contribution in [0.4, 0.5) is 4.39 Å². The summed E-state index contributed by atoms with van der Waals surface area (Å²) in [7, 11) is -3.87. The van der Waals surface area contributed by atoms with Crippen LogP contribution >= 0.6 is 11.6 Å². The third kappa shape index (κ3) is 4.97. The second-order valence-electron chi connectivity index (χ2n) is 7.03. The summed E-state index contributed by atoms with van der Waals surface area (Å²) in [6.45, 7) is 2.16. The first-order chi connectivity index (χ1) is 14.6. The van der Waals surface area contributed by atoms with Gasteiger partial charge in [-0.1, -0.05) is 17.7 Å². The van der Waals surface area contributed by atoms with Crippen LogP contribution in [0.3, 0.4) is 0 Å². The van der Waals surface area contributed by atoms with Crippen LogP contribution in [0.1, 0.15) is 25.3 Å². The Balaban J connectivity index is 2.11. The molecule has 1 saturated heterocycles. The third-order valence-corrected chi connectivity index (χ3v) is 7.33. The van der Waals surface area contributed by atoms with E-state index in [0.29, 0.717) is 0 Å². The molecular formula is C20H21ClFNO7S. The minimum Gasteiger partial charge on any atom is -0.462 e. The molecule has 8 nitrogen and oxygen atoms in total. The molecule has 0 aliphatic carbocycles. The molecule has 31 heavy (non-hydrogen) atoms. The molecule has 0 saturated carbocycles. The molecule has 0 spiro atoms. The lowest BCUT2D eigenvalue weighted by Crippen LogP contribution is -2.43. The van der Waals surface area contributed by atoms with Gasteiger partial charge in [0.2, 0.25) is 0 Å². The van der Waals surface area contributed by atoms with Crippen molar-refractivity contribution in [1.82, 2.24) is 0 Å². The molecule has 11 heteroatoms. The number of hydrogen-bond donors (Lipinski definition) is 0. The Hall–Kier alpha value is -2.30. The highest BCUT2D eigenvalue weighted by atomic mass is 35.5. The van der Waals surface area contributed by atoms with E-state index in [1.165, 1.54) is 26.0 Å². The number of sulfone groups is 1. The van der Waals surface area contributed by atoms with E-state index in [-0.39, 0.29) is 59.7 Å². The Bertz CT molecular complexity index is 1050. The molecule has 0 amide bonds. The molecule has 3 rings (SSSR count). The number of carbonyl (C=O) groups is 2. The third-order valence-electron chi connectivity index (χ3n) is 4.94. The van der Waals surface area contributed by atoms with Crippen molar-refractivity contribution in [2.24, 2.45) is 4.99 Å². The zero-order valence-electron chi connectivity index (χ0n) is 16.9. The van der Waals surface area contributed by atoms with Crippen molar-refractivity contribution in [3.8, 4) is 0 Å². The zero-order valence-corrected chi connectivity index (χ0v) is 18.5. The molecule has 2 heterocycles. The topological polar surface area (TPSA) is 108 Å². The summed E-state index contributed by atoms with van der Waals surface area (Å²) in [6, 6.07) is 3.95. The average molecular weight is 474 g/mol. The lowest BCUT2D eigenvalue weighted by atomic mass is 9.82. The molecule has 0 radical (unpaired) electrons. The van der Waals surface area contributed by atoms with Crippen LogP contribution in [0.2, 0.25) is 5.02 Å². The number of hydrogen-bond acceptors (Lipinski definition) is 8. The summed E-state index contributed by atoms with van der Waals surface area (Å²) in [6.07, 6.45) is 0. The van der Waals surface area contributed by atoms with Crippen molar-refractivity contribution < 1.29 is 36.6 Å². The maximum Gasteiger partial charge on any atom is 0.336 e. The normalized spacial score (nSPS) is 22.8. The highest BCUT2D eigenvalue weighted by Crippen LogP contribution is 2.43. The molecule has 0 N–H and O–H groups in total. The number of fused-ring (bicyclic) bond motifs is 1. The van der Waals surface area contributed by atoms with Gasteiger partial charge in [0, 0.05) is 29.1 Å². The molecule has 1 fully saturated rings. The number of allylic oxidation sites excluding steroid dienone is 1. The first-order valence-corrected chi connectivity index (χ1v) is 11.5. The van der Waals surface area contributed by atoms with Crippen molar-refractivity contribution >= 4 is 39.1 Å². The van der Waals surface area contributed by atoms with Crippen LogP contribution < -0.4 is 0 Å². The highest BCUT2D eigenvalue weighted by Gasteiger charge is 2.48. The summed E-state index contributed by atoms with van der Waals surface area (Å²) in [5.41, 5.74) is 0.108. The summed E-state index contributed by atoms with van der Waals surface area (Å²) in [4.78, 5) is 28.1. The van der Waals surface area contributed by atoms with Crippen molar-refractivity contribution in [1.29, 1.82) is 0 Å². The molecule has 2 aliphatic rings. The van der Waals surface area contributed by atoms with E-state index in [1.807, 2.05) is 0 Å². The van der Waals surface area contributed by atoms with E-state index in [0.717, 1.165) is 6.07 Å². The Labute approximate surface area is 183 Å². The largest absolute Gasteiger partial charge is 0.462 e. The number of halogens is 2. The predicted molar refractivity (Wildman–Crippen MR) is 110 cm³/mol. The van der Waals surface area contributed by atoms with Gasteiger partial charge in [-0.05, 0) is 19.1 Å². The van der Waals surface area contributed by atoms with Gasteiger partial charge < -0.3 is 14.2 Å². The van der Waals surface area contributed by atoms with Gasteiger partial charge in [0.1, 0.15) is 24.3 Å². The fourth-order valence-corrected chi connectivity index (χ4v) is 5.80. The second-order valence-corrected chi connectivity index (χ2v) is 9.68. The van der Waals surface area contributed by atoms with E-state index in [1.54, 1.807) is 0 Å². The summed E-state index contributed by atoms with van der Waals surface area (Å²) in [5, 5.41) is -1.35. The van der Waals surface area contributed by atoms with Crippen LogP contribution in [0.5, 0.6) is 0 Å². The van der Waals surface area contributed by atoms with E-state index < -0.39 is 38.8 Å². The van der Waals surface area contributed by atoms with Crippen LogP contribution in [0.15, 0.2) is 34.5 Å². The van der Waals surface area contributed by atoms with Gasteiger partial charge in [-0.15, -0.1) is 0 Å². The lowest BCUT2D eigenvalue weighted by Gasteiger charge is -2.32. The van der Waals surface area contributed by atoms with Crippen LogP contribution in [-0.2, 0) is 33.6 Å². The second kappa shape index (κ2) is 9.46. The Morgan fingerprint density at radius 2 is 2.00 bits per heavy atom. The number of ether oxygens (including phenoxy) is 3. The number of benzene rings is 1. The molecule has 0 aromatic heterocycles. The fraction of sp³-hybridized carbons (Fsp3) is 0.450. The molecule has 2 atom stereocenters. The molecule has 2 aliphatic heterocycles. The molecule has 1 aromatic rings. The SMILES string of the molecule is CC(=O)OCCOC(=O)C1=C(C)N=C2COCCS(=O)(=O)C2C1c1c(F)cccc1Cl. The smallest absolute Gasteiger partial charge is 0.336 e. The maximum absolute atomic E-state index is 14.9. The predicted octanol–water partition coefficient (Wildman–Crippen LogP) is 2.21. The van der Waals surface area contributed by atoms with Gasteiger partial charge >= 0.3 is 11.9 Å². The summed E-state index contributed by atoms with van der Waals surface area (Å²) >= 11 is 6.27. The molecule has 0 bridgehead atoms. The van der Waals surface area contributed by atoms with E-state index in [4.69, 9.17) is 25.8 Å². The van der Waals surface area contributed by atoms with Gasteiger partial charge in [-0.3, -0.25) is 9.79 Å². The number of aliphatic imine (C=N–C) groups is 1. The van der Waals surface area contributed by atoms with E-state index in [2.05, 4.69) is 4.99 Å². The lowest BCUT2D eigenvalue weighted by molar-refractivity contribution is -0.148. The quantitative estimate of drug-likeness (QED) is 0.476. The van der Waals surface area contributed by atoms with Crippen molar-refractivity contribution in [3.63, 3.8) is 0 Å². The molecule has 2 unspecified atom stereocenters. The van der Waals surface area contributed by atoms with Crippen molar-refractivity contribution in [3.05, 3.63) is 45.9 Å². The van der Waals surface area contributed by atoms with Crippen LogP contribution in [0, 0.1) is 5.82 Å². The standard InChI is InChI=1S/C20H21ClFNO7S/c1-11-16(20(25)30-7-6-29-12(2)24)18(17-13(21)4-3-5-14(17)22)19-15(23-11)10-28-8-9-31(19,26)27/h3-5,18-19H,6-10H2,1-2H3. The number of rotatable bonds is 5. The van der Waals surface area contributed by atoms with Crippen LogP contribution in [-0.4, -0.2) is 63.5 Å². The Morgan fingerprint density at radius 3 is 2.68 bits per heavy atom. The van der Waals surface area contributed by atoms with Crippen LogP contribution in [0.25, 0.3) is 0 Å². The van der Waals surface area contributed by atoms with Gasteiger partial charge in [0.15, 0.2) is 9.84 Å². The first-order valence-electron chi connectivity index (χ1n) is 9.45. The summed E-state index contributed by atoms with van der Waals surface area (Å²) in [5.74, 6) is -3.77. The molecular weight excluding hydrogens is 453 g/mol. The average Bonchev–Trinajstić information content (AvgIpc) is 2.82. The Morgan fingerprint density at radius 1 is 1.29 bits per heavy atom. The maximum atomic E-state index is 14.9. The Kier molecular flexibility index (Phi) is 7.13. The number of nitrogens with zero attached hydrogens (tertiary/aromatic N) is 1. The minimum atomic E-state index is -3.87. The monoisotopic (exact) mass is 473 g/mol. The molecule has 168 valence electrons.